The van der Waals surface area contributed by atoms with E-state index in [0.29, 0.717) is 27.0 Å². The molecule has 31 heavy (non-hydrogen) atoms. The number of halogens is 2. The van der Waals surface area contributed by atoms with Crippen LogP contribution in [0.25, 0.3) is 6.08 Å². The van der Waals surface area contributed by atoms with Crippen molar-refractivity contribution in [1.82, 2.24) is 4.90 Å². The molecular weight excluding hydrogens is 459 g/mol. The number of ether oxygens (including phenoxy) is 2. The molecule has 162 valence electrons. The molecule has 1 aliphatic heterocycles. The maximum atomic E-state index is 13.4. The van der Waals surface area contributed by atoms with E-state index in [-0.39, 0.29) is 17.4 Å². The van der Waals surface area contributed by atoms with Crippen molar-refractivity contribution in [3.63, 3.8) is 0 Å². The second kappa shape index (κ2) is 9.68. The Morgan fingerprint density at radius 1 is 1.16 bits per heavy atom. The minimum atomic E-state index is -0.541. The Bertz CT molecular complexity index is 1070. The van der Waals surface area contributed by atoms with Gasteiger partial charge in [0, 0.05) is 10.6 Å². The average Bonchev–Trinajstić information content (AvgIpc) is 2.97. The number of carbonyl (C=O) groups excluding carboxylic acids is 2. The van der Waals surface area contributed by atoms with Crippen LogP contribution in [0.5, 0.6) is 5.75 Å². The fourth-order valence-electron chi connectivity index (χ4n) is 3.19. The lowest BCUT2D eigenvalue weighted by Gasteiger charge is -2.19. The number of hydrogen-bond donors (Lipinski definition) is 0. The van der Waals surface area contributed by atoms with Crippen LogP contribution in [0, 0.1) is 0 Å². The van der Waals surface area contributed by atoms with Crippen molar-refractivity contribution < 1.29 is 19.1 Å². The van der Waals surface area contributed by atoms with Gasteiger partial charge in [-0.2, -0.15) is 0 Å². The smallest absolute Gasteiger partial charge is 0.325 e. The minimum Gasteiger partial charge on any atom is -0.495 e. The molecule has 0 radical (unpaired) electrons. The highest BCUT2D eigenvalue weighted by atomic mass is 35.5. The summed E-state index contributed by atoms with van der Waals surface area (Å²) in [4.78, 5) is 28.2. The first kappa shape index (κ1) is 23.1. The largest absolute Gasteiger partial charge is 0.495 e. The second-order valence-corrected chi connectivity index (χ2v) is 7.85. The summed E-state index contributed by atoms with van der Waals surface area (Å²) in [6, 6.07) is 10.6. The van der Waals surface area contributed by atoms with Gasteiger partial charge in [-0.1, -0.05) is 42.3 Å². The Labute approximate surface area is 195 Å². The van der Waals surface area contributed by atoms with Gasteiger partial charge in [-0.3, -0.25) is 14.5 Å². The van der Waals surface area contributed by atoms with Gasteiger partial charge in [0.1, 0.15) is 18.0 Å². The summed E-state index contributed by atoms with van der Waals surface area (Å²) in [5.74, 6) is -0.585. The molecule has 1 amide bonds. The van der Waals surface area contributed by atoms with Crippen LogP contribution in [0.15, 0.2) is 42.1 Å². The van der Waals surface area contributed by atoms with Crippen LogP contribution in [-0.2, 0) is 20.7 Å². The number of amides is 1. The Morgan fingerprint density at radius 3 is 2.42 bits per heavy atom. The number of anilines is 1. The molecule has 0 bridgehead atoms. The molecule has 1 saturated heterocycles. The number of thiocarbonyl (C=S) groups is 1. The first-order valence-corrected chi connectivity index (χ1v) is 10.5. The zero-order valence-electron chi connectivity index (χ0n) is 17.1. The number of nitrogens with zero attached hydrogens (tertiary/aromatic N) is 2. The summed E-state index contributed by atoms with van der Waals surface area (Å²) in [5, 5.41) is 0.830. The third-order valence-corrected chi connectivity index (χ3v) is 5.69. The number of rotatable bonds is 6. The van der Waals surface area contributed by atoms with E-state index in [1.165, 1.54) is 24.0 Å². The van der Waals surface area contributed by atoms with Gasteiger partial charge in [-0.05, 0) is 54.5 Å². The molecule has 1 aliphatic rings. The molecule has 0 N–H and O–H groups in total. The van der Waals surface area contributed by atoms with E-state index in [0.717, 1.165) is 12.0 Å². The summed E-state index contributed by atoms with van der Waals surface area (Å²) in [5.41, 5.74) is 2.37. The molecule has 1 heterocycles. The maximum absolute atomic E-state index is 13.4. The lowest BCUT2D eigenvalue weighted by atomic mass is 10.1. The first-order valence-electron chi connectivity index (χ1n) is 9.37. The predicted molar refractivity (Wildman–Crippen MR) is 126 cm³/mol. The Morgan fingerprint density at radius 2 is 1.84 bits per heavy atom. The van der Waals surface area contributed by atoms with Gasteiger partial charge in [0.15, 0.2) is 5.11 Å². The average molecular weight is 479 g/mol. The normalized spacial score (nSPS) is 15.1. The third-order valence-electron chi connectivity index (χ3n) is 4.79. The first-order chi connectivity index (χ1) is 14.8. The Kier molecular flexibility index (Phi) is 7.20. The van der Waals surface area contributed by atoms with Crippen molar-refractivity contribution in [3.8, 4) is 5.75 Å². The quantitative estimate of drug-likeness (QED) is 0.340. The van der Waals surface area contributed by atoms with E-state index in [2.05, 4.69) is 0 Å². The van der Waals surface area contributed by atoms with Gasteiger partial charge in [-0.15, -0.1) is 0 Å². The van der Waals surface area contributed by atoms with Crippen LogP contribution in [0.1, 0.15) is 18.1 Å². The maximum Gasteiger partial charge on any atom is 0.325 e. The molecule has 2 aromatic rings. The van der Waals surface area contributed by atoms with Gasteiger partial charge in [0.05, 0.1) is 24.9 Å². The van der Waals surface area contributed by atoms with E-state index in [1.54, 1.807) is 18.2 Å². The molecule has 0 atom stereocenters. The summed E-state index contributed by atoms with van der Waals surface area (Å²) in [6.45, 7) is 1.82. The van der Waals surface area contributed by atoms with E-state index >= 15 is 0 Å². The van der Waals surface area contributed by atoms with Crippen LogP contribution in [0.3, 0.4) is 0 Å². The summed E-state index contributed by atoms with van der Waals surface area (Å²) >= 11 is 17.9. The zero-order valence-corrected chi connectivity index (χ0v) is 19.5. The number of aryl methyl sites for hydroxylation is 1. The molecule has 9 heteroatoms. The number of esters is 1. The highest BCUT2D eigenvalue weighted by molar-refractivity contribution is 7.80. The second-order valence-electron chi connectivity index (χ2n) is 6.65. The molecule has 2 aromatic carbocycles. The standard InChI is InChI=1S/C22H20Cl2N2O4S/c1-4-13-5-7-16(8-6-13)26-21(28)18(25(22(26)31)12-19(27)29-2)10-14-9-15(23)11-17(24)20(14)30-3/h5-11H,4,12H2,1-3H3/b18-10-. The summed E-state index contributed by atoms with van der Waals surface area (Å²) in [6.07, 6.45) is 2.42. The van der Waals surface area contributed by atoms with Crippen molar-refractivity contribution in [2.75, 3.05) is 25.7 Å². The van der Waals surface area contributed by atoms with Gasteiger partial charge >= 0.3 is 5.97 Å². The number of carbonyl (C=O) groups is 2. The van der Waals surface area contributed by atoms with Gasteiger partial charge in [0.25, 0.3) is 5.91 Å². The number of benzene rings is 2. The molecule has 1 fully saturated rings. The third kappa shape index (κ3) is 4.69. The Hall–Kier alpha value is -2.61. The van der Waals surface area contributed by atoms with E-state index in [9.17, 15) is 9.59 Å². The lowest BCUT2D eigenvalue weighted by Crippen LogP contribution is -2.35. The van der Waals surface area contributed by atoms with Gasteiger partial charge < -0.3 is 14.4 Å². The fourth-order valence-corrected chi connectivity index (χ4v) is 4.12. The van der Waals surface area contributed by atoms with Crippen LogP contribution in [0.2, 0.25) is 10.0 Å². The van der Waals surface area contributed by atoms with Crippen molar-refractivity contribution in [3.05, 3.63) is 63.3 Å². The van der Waals surface area contributed by atoms with E-state index in [4.69, 9.17) is 44.9 Å². The summed E-state index contributed by atoms with van der Waals surface area (Å²) in [7, 11) is 2.74. The minimum absolute atomic E-state index is 0.165. The summed E-state index contributed by atoms with van der Waals surface area (Å²) < 4.78 is 10.2. The molecule has 6 nitrogen and oxygen atoms in total. The molecule has 0 unspecified atom stereocenters. The highest BCUT2D eigenvalue weighted by Gasteiger charge is 2.40. The Balaban J connectivity index is 2.12. The van der Waals surface area contributed by atoms with Crippen LogP contribution in [-0.4, -0.2) is 42.7 Å². The van der Waals surface area contributed by atoms with Crippen LogP contribution >= 0.6 is 35.4 Å². The van der Waals surface area contributed by atoms with Crippen LogP contribution < -0.4 is 9.64 Å². The fraction of sp³-hybridized carbons (Fsp3) is 0.227. The van der Waals surface area contributed by atoms with E-state index in [1.807, 2.05) is 31.2 Å². The van der Waals surface area contributed by atoms with Gasteiger partial charge in [0.2, 0.25) is 0 Å². The molecule has 0 aromatic heterocycles. The molecule has 3 rings (SSSR count). The number of methoxy groups -OCH3 is 2. The van der Waals surface area contributed by atoms with Crippen molar-refractivity contribution >= 4 is 64.2 Å². The molecule has 0 spiro atoms. The SMILES string of the molecule is CCc1ccc(N2C(=O)/C(=C/c3cc(Cl)cc(Cl)c3OC)N(CC(=O)OC)C2=S)cc1. The van der Waals surface area contributed by atoms with Crippen LogP contribution in [0.4, 0.5) is 5.69 Å². The van der Waals surface area contributed by atoms with E-state index < -0.39 is 11.9 Å². The topological polar surface area (TPSA) is 59.1 Å². The predicted octanol–water partition coefficient (Wildman–Crippen LogP) is 4.71. The molecule has 0 saturated carbocycles. The number of hydrogen-bond acceptors (Lipinski definition) is 5. The zero-order chi connectivity index (χ0) is 22.7. The lowest BCUT2D eigenvalue weighted by molar-refractivity contribution is -0.140. The van der Waals surface area contributed by atoms with Gasteiger partial charge in [-0.25, -0.2) is 0 Å². The van der Waals surface area contributed by atoms with Crippen molar-refractivity contribution in [2.45, 2.75) is 13.3 Å². The van der Waals surface area contributed by atoms with Crippen molar-refractivity contribution in [1.29, 1.82) is 0 Å². The monoisotopic (exact) mass is 478 g/mol. The molecular formula is C22H20Cl2N2O4S. The van der Waals surface area contributed by atoms with Crippen molar-refractivity contribution in [2.24, 2.45) is 0 Å². The highest BCUT2D eigenvalue weighted by Crippen LogP contribution is 2.36. The molecule has 0 aliphatic carbocycles.